The number of rotatable bonds is 5. The van der Waals surface area contributed by atoms with Crippen LogP contribution in [0.5, 0.6) is 5.75 Å². The second-order valence-corrected chi connectivity index (χ2v) is 7.02. The maximum atomic E-state index is 6.11. The number of aryl methyl sites for hydroxylation is 3. The van der Waals surface area contributed by atoms with Crippen molar-refractivity contribution in [3.05, 3.63) is 70.1 Å². The van der Waals surface area contributed by atoms with E-state index in [0.717, 1.165) is 17.0 Å². The molecule has 0 aliphatic heterocycles. The number of benzene rings is 2. The standard InChI is InChI=1S/C21H23NOS/c1-14-10-21(24-13-14)17-8-9-20(16(3)11-17)23-12-18-15(2)6-5-7-19(18)22-4/h5-11,13,22H,12H2,1-4H3. The molecule has 1 heterocycles. The molecule has 0 atom stereocenters. The quantitative estimate of drug-likeness (QED) is 0.620. The number of thiophene rings is 1. The van der Waals surface area contributed by atoms with E-state index in [9.17, 15) is 0 Å². The minimum atomic E-state index is 0.571. The van der Waals surface area contributed by atoms with Gasteiger partial charge < -0.3 is 10.1 Å². The Morgan fingerprint density at radius 1 is 1.00 bits per heavy atom. The second-order valence-electron chi connectivity index (χ2n) is 6.11. The van der Waals surface area contributed by atoms with Crippen molar-refractivity contribution in [1.29, 1.82) is 0 Å². The molecule has 0 aliphatic carbocycles. The average molecular weight is 337 g/mol. The zero-order valence-corrected chi connectivity index (χ0v) is 15.5. The molecule has 0 unspecified atom stereocenters. The molecule has 0 aliphatic rings. The number of nitrogens with one attached hydrogen (secondary N) is 1. The summed E-state index contributed by atoms with van der Waals surface area (Å²) >= 11 is 1.79. The lowest BCUT2D eigenvalue weighted by atomic mass is 10.1. The van der Waals surface area contributed by atoms with Gasteiger partial charge in [-0.25, -0.2) is 0 Å². The van der Waals surface area contributed by atoms with E-state index in [2.05, 4.69) is 73.9 Å². The molecule has 3 aromatic rings. The van der Waals surface area contributed by atoms with Gasteiger partial charge in [0.1, 0.15) is 12.4 Å². The van der Waals surface area contributed by atoms with E-state index in [0.29, 0.717) is 6.61 Å². The minimum absolute atomic E-state index is 0.571. The van der Waals surface area contributed by atoms with Crippen LogP contribution in [0.2, 0.25) is 0 Å². The molecule has 0 amide bonds. The van der Waals surface area contributed by atoms with Crippen molar-refractivity contribution in [3.8, 4) is 16.2 Å². The first-order valence-corrected chi connectivity index (χ1v) is 9.01. The maximum absolute atomic E-state index is 6.11. The second kappa shape index (κ2) is 7.10. The zero-order valence-electron chi connectivity index (χ0n) is 14.6. The summed E-state index contributed by atoms with van der Waals surface area (Å²) in [5.74, 6) is 0.942. The van der Waals surface area contributed by atoms with Crippen LogP contribution in [0, 0.1) is 20.8 Å². The molecule has 3 heteroatoms. The summed E-state index contributed by atoms with van der Waals surface area (Å²) in [6.45, 7) is 6.93. The average Bonchev–Trinajstić information content (AvgIpc) is 3.01. The van der Waals surface area contributed by atoms with Gasteiger partial charge in [-0.1, -0.05) is 12.1 Å². The fourth-order valence-electron chi connectivity index (χ4n) is 2.83. The third-order valence-corrected chi connectivity index (χ3v) is 5.34. The minimum Gasteiger partial charge on any atom is -0.489 e. The van der Waals surface area contributed by atoms with Gasteiger partial charge in [-0.05, 0) is 78.7 Å². The first kappa shape index (κ1) is 16.6. The van der Waals surface area contributed by atoms with Crippen LogP contribution in [0.15, 0.2) is 47.8 Å². The highest BCUT2D eigenvalue weighted by molar-refractivity contribution is 7.13. The van der Waals surface area contributed by atoms with Crippen molar-refractivity contribution in [1.82, 2.24) is 0 Å². The van der Waals surface area contributed by atoms with Crippen LogP contribution in [0.3, 0.4) is 0 Å². The van der Waals surface area contributed by atoms with Gasteiger partial charge in [0.25, 0.3) is 0 Å². The summed E-state index contributed by atoms with van der Waals surface area (Å²) in [5, 5.41) is 5.43. The molecular weight excluding hydrogens is 314 g/mol. The van der Waals surface area contributed by atoms with E-state index in [-0.39, 0.29) is 0 Å². The van der Waals surface area contributed by atoms with Gasteiger partial charge in [0, 0.05) is 23.2 Å². The van der Waals surface area contributed by atoms with E-state index >= 15 is 0 Å². The van der Waals surface area contributed by atoms with Crippen LogP contribution >= 0.6 is 11.3 Å². The highest BCUT2D eigenvalue weighted by Crippen LogP contribution is 2.31. The van der Waals surface area contributed by atoms with E-state index in [1.165, 1.54) is 27.1 Å². The lowest BCUT2D eigenvalue weighted by molar-refractivity contribution is 0.304. The molecule has 1 aromatic heterocycles. The molecule has 0 fully saturated rings. The lowest BCUT2D eigenvalue weighted by Crippen LogP contribution is -2.03. The third kappa shape index (κ3) is 3.46. The Morgan fingerprint density at radius 3 is 2.50 bits per heavy atom. The third-order valence-electron chi connectivity index (χ3n) is 4.24. The molecule has 24 heavy (non-hydrogen) atoms. The Hall–Kier alpha value is -2.26. The molecule has 3 rings (SSSR count). The Morgan fingerprint density at radius 2 is 1.83 bits per heavy atom. The topological polar surface area (TPSA) is 21.3 Å². The maximum Gasteiger partial charge on any atom is 0.122 e. The van der Waals surface area contributed by atoms with Crippen LogP contribution in [0.4, 0.5) is 5.69 Å². The SMILES string of the molecule is CNc1cccc(C)c1COc1ccc(-c2cc(C)cs2)cc1C. The Balaban J connectivity index is 1.79. The van der Waals surface area contributed by atoms with Gasteiger partial charge >= 0.3 is 0 Å². The van der Waals surface area contributed by atoms with Crippen LogP contribution in [-0.2, 0) is 6.61 Å². The highest BCUT2D eigenvalue weighted by atomic mass is 32.1. The molecule has 0 saturated heterocycles. The summed E-state index contributed by atoms with van der Waals surface area (Å²) in [6.07, 6.45) is 0. The van der Waals surface area contributed by atoms with Gasteiger partial charge in [0.15, 0.2) is 0 Å². The first-order valence-electron chi connectivity index (χ1n) is 8.13. The smallest absolute Gasteiger partial charge is 0.122 e. The predicted octanol–water partition coefficient (Wildman–Crippen LogP) is 5.96. The van der Waals surface area contributed by atoms with Crippen molar-refractivity contribution < 1.29 is 4.74 Å². The highest BCUT2D eigenvalue weighted by Gasteiger charge is 2.08. The molecule has 2 nitrogen and oxygen atoms in total. The van der Waals surface area contributed by atoms with Gasteiger partial charge in [-0.15, -0.1) is 11.3 Å². The summed E-state index contributed by atoms with van der Waals surface area (Å²) < 4.78 is 6.11. The molecule has 0 bridgehead atoms. The molecule has 1 N–H and O–H groups in total. The number of hydrogen-bond donors (Lipinski definition) is 1. The molecule has 2 aromatic carbocycles. The Kier molecular flexibility index (Phi) is 4.91. The summed E-state index contributed by atoms with van der Waals surface area (Å²) in [6, 6.07) is 14.9. The summed E-state index contributed by atoms with van der Waals surface area (Å²) in [4.78, 5) is 1.30. The molecule has 0 spiro atoms. The van der Waals surface area contributed by atoms with E-state index in [4.69, 9.17) is 4.74 Å². The largest absolute Gasteiger partial charge is 0.489 e. The van der Waals surface area contributed by atoms with Gasteiger partial charge in [-0.3, -0.25) is 0 Å². The van der Waals surface area contributed by atoms with Crippen LogP contribution in [0.1, 0.15) is 22.3 Å². The first-order chi connectivity index (χ1) is 11.6. The fraction of sp³-hybridized carbons (Fsp3) is 0.238. The Bertz CT molecular complexity index is 851. The summed E-state index contributed by atoms with van der Waals surface area (Å²) in [5.41, 5.74) is 7.30. The van der Waals surface area contributed by atoms with Crippen LogP contribution in [0.25, 0.3) is 10.4 Å². The Labute approximate surface area is 148 Å². The lowest BCUT2D eigenvalue weighted by Gasteiger charge is -2.15. The van der Waals surface area contributed by atoms with E-state index < -0.39 is 0 Å². The van der Waals surface area contributed by atoms with Gasteiger partial charge in [0.2, 0.25) is 0 Å². The van der Waals surface area contributed by atoms with Crippen LogP contribution < -0.4 is 10.1 Å². The van der Waals surface area contributed by atoms with Crippen LogP contribution in [-0.4, -0.2) is 7.05 Å². The number of ether oxygens (including phenoxy) is 1. The van der Waals surface area contributed by atoms with E-state index in [1.807, 2.05) is 7.05 Å². The van der Waals surface area contributed by atoms with Gasteiger partial charge in [-0.2, -0.15) is 0 Å². The van der Waals surface area contributed by atoms with E-state index in [1.54, 1.807) is 11.3 Å². The molecule has 0 saturated carbocycles. The zero-order chi connectivity index (χ0) is 17.1. The number of anilines is 1. The van der Waals surface area contributed by atoms with Crippen molar-refractivity contribution >= 4 is 17.0 Å². The fourth-order valence-corrected chi connectivity index (χ4v) is 3.72. The van der Waals surface area contributed by atoms with Crippen molar-refractivity contribution in [2.75, 3.05) is 12.4 Å². The molecule has 0 radical (unpaired) electrons. The number of hydrogen-bond acceptors (Lipinski definition) is 3. The normalized spacial score (nSPS) is 10.7. The van der Waals surface area contributed by atoms with Crippen molar-refractivity contribution in [2.24, 2.45) is 0 Å². The monoisotopic (exact) mass is 337 g/mol. The van der Waals surface area contributed by atoms with Crippen molar-refractivity contribution in [2.45, 2.75) is 27.4 Å². The predicted molar refractivity (Wildman–Crippen MR) is 104 cm³/mol. The summed E-state index contributed by atoms with van der Waals surface area (Å²) in [7, 11) is 1.95. The van der Waals surface area contributed by atoms with Gasteiger partial charge in [0.05, 0.1) is 0 Å². The molecule has 124 valence electrons. The molecular formula is C21H23NOS. The van der Waals surface area contributed by atoms with Crippen molar-refractivity contribution in [3.63, 3.8) is 0 Å².